The molecule has 0 N–H and O–H groups in total. The van der Waals surface area contributed by atoms with Gasteiger partial charge >= 0.3 is 0 Å². The zero-order chi connectivity index (χ0) is 8.10. The average Bonchev–Trinajstić information content (AvgIpc) is 2.52. The third-order valence-corrected chi connectivity index (χ3v) is 2.70. The molecule has 1 heterocycles. The molecule has 11 heavy (non-hydrogen) atoms. The van der Waals surface area contributed by atoms with E-state index in [-0.39, 0.29) is 5.38 Å². The Labute approximate surface area is 74.1 Å². The lowest BCUT2D eigenvalue weighted by molar-refractivity contribution is 0.105. The highest BCUT2D eigenvalue weighted by Gasteiger charge is 2.23. The second-order valence-corrected chi connectivity index (χ2v) is 3.77. The summed E-state index contributed by atoms with van der Waals surface area (Å²) in [7, 11) is 0. The van der Waals surface area contributed by atoms with E-state index in [1.165, 1.54) is 19.3 Å². The number of hydrogen-bond acceptors (Lipinski definition) is 1. The van der Waals surface area contributed by atoms with E-state index in [1.807, 2.05) is 0 Å². The van der Waals surface area contributed by atoms with Crippen molar-refractivity contribution >= 4 is 11.6 Å². The number of halogens is 1. The van der Waals surface area contributed by atoms with Crippen LogP contribution in [0.2, 0.25) is 0 Å². The summed E-state index contributed by atoms with van der Waals surface area (Å²) in [4.78, 5) is 0. The van der Waals surface area contributed by atoms with Gasteiger partial charge in [-0.25, -0.2) is 0 Å². The predicted molar refractivity (Wildman–Crippen MR) is 48.1 cm³/mol. The van der Waals surface area contributed by atoms with Crippen LogP contribution < -0.4 is 0 Å². The maximum absolute atomic E-state index is 6.14. The largest absolute Gasteiger partial charge is 0.377 e. The highest BCUT2D eigenvalue weighted by atomic mass is 35.5. The summed E-state index contributed by atoms with van der Waals surface area (Å²) in [6.07, 6.45) is 6.29. The molecule has 2 heteroatoms. The molecule has 0 aliphatic carbocycles. The molecule has 1 fully saturated rings. The number of unbranched alkanes of at least 4 members (excludes halogenated alkanes) is 1. The van der Waals surface area contributed by atoms with Gasteiger partial charge < -0.3 is 4.74 Å². The maximum Gasteiger partial charge on any atom is 0.0739 e. The van der Waals surface area contributed by atoms with E-state index in [0.29, 0.717) is 6.10 Å². The van der Waals surface area contributed by atoms with Gasteiger partial charge in [-0.2, -0.15) is 0 Å². The smallest absolute Gasteiger partial charge is 0.0739 e. The van der Waals surface area contributed by atoms with Crippen LogP contribution in [-0.2, 0) is 4.74 Å². The fourth-order valence-electron chi connectivity index (χ4n) is 1.47. The molecule has 0 amide bonds. The Hall–Kier alpha value is 0.250. The van der Waals surface area contributed by atoms with Crippen molar-refractivity contribution in [3.8, 4) is 0 Å². The van der Waals surface area contributed by atoms with Crippen molar-refractivity contribution < 1.29 is 4.74 Å². The molecule has 1 rings (SSSR count). The first-order valence-corrected chi connectivity index (χ1v) is 5.04. The van der Waals surface area contributed by atoms with Crippen LogP contribution in [0.25, 0.3) is 0 Å². The van der Waals surface area contributed by atoms with Crippen LogP contribution >= 0.6 is 11.6 Å². The summed E-state index contributed by atoms with van der Waals surface area (Å²) < 4.78 is 5.48. The van der Waals surface area contributed by atoms with Crippen LogP contribution in [0.15, 0.2) is 0 Å². The van der Waals surface area contributed by atoms with Crippen LogP contribution in [0.3, 0.4) is 0 Å². The van der Waals surface area contributed by atoms with Gasteiger partial charge in [0.2, 0.25) is 0 Å². The summed E-state index contributed by atoms with van der Waals surface area (Å²) in [6.45, 7) is 3.11. The van der Waals surface area contributed by atoms with Crippen molar-refractivity contribution in [1.29, 1.82) is 0 Å². The van der Waals surface area contributed by atoms with E-state index in [1.54, 1.807) is 0 Å². The van der Waals surface area contributed by atoms with E-state index >= 15 is 0 Å². The fourth-order valence-corrected chi connectivity index (χ4v) is 1.83. The zero-order valence-corrected chi connectivity index (χ0v) is 7.94. The Morgan fingerprint density at radius 1 is 1.64 bits per heavy atom. The van der Waals surface area contributed by atoms with Crippen LogP contribution in [0.5, 0.6) is 0 Å². The fraction of sp³-hybridized carbons (Fsp3) is 1.00. The van der Waals surface area contributed by atoms with Crippen molar-refractivity contribution in [1.82, 2.24) is 0 Å². The SMILES string of the molecule is CCCCC(Cl)C1CCCO1. The first-order valence-electron chi connectivity index (χ1n) is 4.60. The maximum atomic E-state index is 6.14. The van der Waals surface area contributed by atoms with Crippen LogP contribution in [-0.4, -0.2) is 18.1 Å². The van der Waals surface area contributed by atoms with Gasteiger partial charge in [0.05, 0.1) is 11.5 Å². The van der Waals surface area contributed by atoms with E-state index in [0.717, 1.165) is 19.4 Å². The molecule has 1 nitrogen and oxygen atoms in total. The lowest BCUT2D eigenvalue weighted by atomic mass is 10.1. The molecule has 2 unspecified atom stereocenters. The summed E-state index contributed by atoms with van der Waals surface area (Å²) >= 11 is 6.14. The number of ether oxygens (including phenoxy) is 1. The summed E-state index contributed by atoms with van der Waals surface area (Å²) in [5.41, 5.74) is 0. The van der Waals surface area contributed by atoms with Gasteiger partial charge in [-0.05, 0) is 19.3 Å². The Bertz CT molecular complexity index is 99.7. The first-order chi connectivity index (χ1) is 5.34. The van der Waals surface area contributed by atoms with Crippen molar-refractivity contribution in [2.45, 2.75) is 50.5 Å². The van der Waals surface area contributed by atoms with Crippen LogP contribution in [0, 0.1) is 0 Å². The molecular formula is C9H17ClO. The average molecular weight is 177 g/mol. The molecule has 1 aliphatic rings. The topological polar surface area (TPSA) is 9.23 Å². The molecule has 66 valence electrons. The Morgan fingerprint density at radius 2 is 2.45 bits per heavy atom. The molecule has 0 spiro atoms. The molecule has 2 atom stereocenters. The molecule has 0 aromatic rings. The van der Waals surface area contributed by atoms with Crippen molar-refractivity contribution in [3.63, 3.8) is 0 Å². The normalized spacial score (nSPS) is 27.3. The first kappa shape index (κ1) is 9.34. The molecule has 0 bridgehead atoms. The van der Waals surface area contributed by atoms with E-state index < -0.39 is 0 Å². The monoisotopic (exact) mass is 176 g/mol. The second kappa shape index (κ2) is 5.00. The molecule has 0 aromatic carbocycles. The minimum absolute atomic E-state index is 0.262. The number of rotatable bonds is 4. The Morgan fingerprint density at radius 3 is 3.00 bits per heavy atom. The highest BCUT2D eigenvalue weighted by molar-refractivity contribution is 6.21. The van der Waals surface area contributed by atoms with Crippen LogP contribution in [0.1, 0.15) is 39.0 Å². The summed E-state index contributed by atoms with van der Waals surface area (Å²) in [5.74, 6) is 0. The molecule has 0 aromatic heterocycles. The van der Waals surface area contributed by atoms with Gasteiger partial charge in [-0.1, -0.05) is 19.8 Å². The number of hydrogen-bond donors (Lipinski definition) is 0. The van der Waals surface area contributed by atoms with Crippen molar-refractivity contribution in [3.05, 3.63) is 0 Å². The zero-order valence-electron chi connectivity index (χ0n) is 7.18. The number of alkyl halides is 1. The van der Waals surface area contributed by atoms with Gasteiger partial charge in [0, 0.05) is 6.61 Å². The highest BCUT2D eigenvalue weighted by Crippen LogP contribution is 2.23. The van der Waals surface area contributed by atoms with E-state index in [9.17, 15) is 0 Å². The van der Waals surface area contributed by atoms with Crippen LogP contribution in [0.4, 0.5) is 0 Å². The molecule has 0 saturated carbocycles. The third-order valence-electron chi connectivity index (χ3n) is 2.20. The minimum Gasteiger partial charge on any atom is -0.377 e. The summed E-state index contributed by atoms with van der Waals surface area (Å²) in [5, 5.41) is 0.262. The standard InChI is InChI=1S/C9H17ClO/c1-2-3-5-8(10)9-6-4-7-11-9/h8-9H,2-7H2,1H3. The predicted octanol–water partition coefficient (Wildman–Crippen LogP) is 2.96. The Balaban J connectivity index is 2.12. The van der Waals surface area contributed by atoms with E-state index in [4.69, 9.17) is 16.3 Å². The van der Waals surface area contributed by atoms with Crippen molar-refractivity contribution in [2.75, 3.05) is 6.61 Å². The molecule has 0 radical (unpaired) electrons. The quantitative estimate of drug-likeness (QED) is 0.599. The van der Waals surface area contributed by atoms with Gasteiger partial charge in [0.15, 0.2) is 0 Å². The lowest BCUT2D eigenvalue weighted by Crippen LogP contribution is -2.19. The molecule has 1 saturated heterocycles. The third kappa shape index (κ3) is 3.00. The van der Waals surface area contributed by atoms with Gasteiger partial charge in [-0.15, -0.1) is 11.6 Å². The summed E-state index contributed by atoms with van der Waals surface area (Å²) in [6, 6.07) is 0. The molecule has 1 aliphatic heterocycles. The van der Waals surface area contributed by atoms with Crippen molar-refractivity contribution in [2.24, 2.45) is 0 Å². The Kier molecular flexibility index (Phi) is 4.24. The lowest BCUT2D eigenvalue weighted by Gasteiger charge is -2.15. The van der Waals surface area contributed by atoms with Gasteiger partial charge in [0.25, 0.3) is 0 Å². The van der Waals surface area contributed by atoms with Gasteiger partial charge in [-0.3, -0.25) is 0 Å². The van der Waals surface area contributed by atoms with Gasteiger partial charge in [0.1, 0.15) is 0 Å². The second-order valence-electron chi connectivity index (χ2n) is 3.21. The molecular weight excluding hydrogens is 160 g/mol. The minimum atomic E-state index is 0.262. The van der Waals surface area contributed by atoms with E-state index in [2.05, 4.69) is 6.92 Å².